The number of isocyanates is 1. The maximum absolute atomic E-state index is 10.0. The molecule has 1 aliphatic carbocycles. The summed E-state index contributed by atoms with van der Waals surface area (Å²) in [6, 6.07) is 0. The van der Waals surface area contributed by atoms with Gasteiger partial charge in [-0.2, -0.15) is 0 Å². The van der Waals surface area contributed by atoms with Gasteiger partial charge in [-0.05, 0) is 30.6 Å². The zero-order valence-corrected chi connectivity index (χ0v) is 7.74. The monoisotopic (exact) mass is 181 g/mol. The molecule has 0 aromatic heterocycles. The van der Waals surface area contributed by atoms with E-state index in [-0.39, 0.29) is 0 Å². The Kier molecular flexibility index (Phi) is 2.77. The van der Waals surface area contributed by atoms with Gasteiger partial charge in [-0.3, -0.25) is 0 Å². The fraction of sp³-hybridized carbons (Fsp3) is 0.900. The van der Waals surface area contributed by atoms with Crippen molar-refractivity contribution in [1.29, 1.82) is 0 Å². The zero-order chi connectivity index (χ0) is 9.10. The number of hydrogen-bond donors (Lipinski definition) is 0. The zero-order valence-electron chi connectivity index (χ0n) is 7.74. The highest BCUT2D eigenvalue weighted by molar-refractivity contribution is 5.32. The normalized spacial score (nSPS) is 38.0. The Morgan fingerprint density at radius 3 is 2.62 bits per heavy atom. The smallest absolute Gasteiger partial charge is 0.234 e. The first-order chi connectivity index (χ1) is 6.42. The summed E-state index contributed by atoms with van der Waals surface area (Å²) in [6.45, 7) is 2.41. The second-order valence-electron chi connectivity index (χ2n) is 4.08. The first-order valence-electron chi connectivity index (χ1n) is 5.03. The van der Waals surface area contributed by atoms with Crippen LogP contribution < -0.4 is 0 Å². The average Bonchev–Trinajstić information content (AvgIpc) is 2.14. The van der Waals surface area contributed by atoms with E-state index in [2.05, 4.69) is 4.99 Å². The lowest BCUT2D eigenvalue weighted by Gasteiger charge is -2.41. The van der Waals surface area contributed by atoms with Crippen molar-refractivity contribution in [3.63, 3.8) is 0 Å². The Hall–Kier alpha value is -0.660. The number of rotatable bonds is 2. The summed E-state index contributed by atoms with van der Waals surface area (Å²) in [5.41, 5.74) is 0. The van der Waals surface area contributed by atoms with E-state index in [0.717, 1.165) is 13.2 Å². The molecule has 3 heteroatoms. The number of ether oxygens (including phenoxy) is 1. The van der Waals surface area contributed by atoms with Crippen LogP contribution in [0.2, 0.25) is 0 Å². The predicted octanol–water partition coefficient (Wildman–Crippen LogP) is 1.38. The Labute approximate surface area is 78.2 Å². The van der Waals surface area contributed by atoms with Crippen molar-refractivity contribution in [3.8, 4) is 0 Å². The topological polar surface area (TPSA) is 38.7 Å². The van der Waals surface area contributed by atoms with E-state index in [9.17, 15) is 4.79 Å². The molecular weight excluding hydrogens is 166 g/mol. The largest absolute Gasteiger partial charge is 0.381 e. The van der Waals surface area contributed by atoms with E-state index >= 15 is 0 Å². The summed E-state index contributed by atoms with van der Waals surface area (Å²) in [5, 5.41) is 0. The molecule has 1 saturated carbocycles. The van der Waals surface area contributed by atoms with Crippen LogP contribution in [0.4, 0.5) is 0 Å². The Morgan fingerprint density at radius 1 is 1.31 bits per heavy atom. The Bertz CT molecular complexity index is 201. The van der Waals surface area contributed by atoms with Crippen molar-refractivity contribution >= 4 is 6.08 Å². The molecule has 1 heterocycles. The summed E-state index contributed by atoms with van der Waals surface area (Å²) in [7, 11) is 0. The highest BCUT2D eigenvalue weighted by Gasteiger charge is 2.36. The van der Waals surface area contributed by atoms with Gasteiger partial charge in [0.15, 0.2) is 0 Å². The third-order valence-corrected chi connectivity index (χ3v) is 3.39. The van der Waals surface area contributed by atoms with E-state index in [1.54, 1.807) is 6.08 Å². The summed E-state index contributed by atoms with van der Waals surface area (Å²) in [6.07, 6.45) is 5.45. The van der Waals surface area contributed by atoms with Crippen LogP contribution in [0.3, 0.4) is 0 Å². The van der Waals surface area contributed by atoms with Crippen molar-refractivity contribution in [2.45, 2.75) is 19.3 Å². The number of carbonyl (C=O) groups excluding carboxylic acids is 1. The number of aliphatic imine (C=N–C) groups is 1. The molecule has 3 nitrogen and oxygen atoms in total. The van der Waals surface area contributed by atoms with Gasteiger partial charge in [0.1, 0.15) is 0 Å². The minimum absolute atomic E-state index is 0.587. The van der Waals surface area contributed by atoms with Crippen molar-refractivity contribution in [2.75, 3.05) is 19.8 Å². The van der Waals surface area contributed by atoms with Crippen LogP contribution in [0.1, 0.15) is 19.3 Å². The molecule has 72 valence electrons. The van der Waals surface area contributed by atoms with Gasteiger partial charge in [0.25, 0.3) is 0 Å². The van der Waals surface area contributed by atoms with E-state index in [1.165, 1.54) is 19.3 Å². The molecule has 2 bridgehead atoms. The fourth-order valence-electron chi connectivity index (χ4n) is 2.68. The van der Waals surface area contributed by atoms with Crippen LogP contribution in [0.5, 0.6) is 0 Å². The maximum atomic E-state index is 10.0. The van der Waals surface area contributed by atoms with Crippen LogP contribution in [-0.4, -0.2) is 25.8 Å². The van der Waals surface area contributed by atoms with Crippen LogP contribution in [0, 0.1) is 17.8 Å². The maximum Gasteiger partial charge on any atom is 0.234 e. The minimum atomic E-state index is 0.587. The molecular formula is C10H15NO2. The number of nitrogens with zero attached hydrogens (tertiary/aromatic N) is 1. The molecule has 0 spiro atoms. The first kappa shape index (κ1) is 8.92. The molecule has 2 fully saturated rings. The van der Waals surface area contributed by atoms with E-state index in [0.29, 0.717) is 24.3 Å². The Morgan fingerprint density at radius 2 is 2.00 bits per heavy atom. The minimum Gasteiger partial charge on any atom is -0.381 e. The summed E-state index contributed by atoms with van der Waals surface area (Å²) >= 11 is 0. The predicted molar refractivity (Wildman–Crippen MR) is 48.1 cm³/mol. The van der Waals surface area contributed by atoms with E-state index < -0.39 is 0 Å². The highest BCUT2D eigenvalue weighted by atomic mass is 16.5. The second-order valence-corrected chi connectivity index (χ2v) is 4.08. The van der Waals surface area contributed by atoms with Crippen LogP contribution in [-0.2, 0) is 9.53 Å². The van der Waals surface area contributed by atoms with Crippen molar-refractivity contribution in [1.82, 2.24) is 0 Å². The van der Waals surface area contributed by atoms with E-state index in [4.69, 9.17) is 4.74 Å². The molecule has 2 atom stereocenters. The highest BCUT2D eigenvalue weighted by Crippen LogP contribution is 2.38. The van der Waals surface area contributed by atoms with Gasteiger partial charge in [0, 0.05) is 13.2 Å². The van der Waals surface area contributed by atoms with Gasteiger partial charge in [-0.25, -0.2) is 9.79 Å². The third-order valence-electron chi connectivity index (χ3n) is 3.39. The molecule has 1 aliphatic heterocycles. The first-order valence-corrected chi connectivity index (χ1v) is 5.03. The van der Waals surface area contributed by atoms with Crippen LogP contribution >= 0.6 is 0 Å². The van der Waals surface area contributed by atoms with Gasteiger partial charge in [0.05, 0.1) is 6.54 Å². The van der Waals surface area contributed by atoms with Gasteiger partial charge in [-0.1, -0.05) is 6.42 Å². The van der Waals surface area contributed by atoms with Crippen LogP contribution in [0.25, 0.3) is 0 Å². The molecule has 0 aromatic rings. The summed E-state index contributed by atoms with van der Waals surface area (Å²) < 4.78 is 5.51. The standard InChI is InChI=1S/C10H15NO2/c12-7-11-4-10-8-2-1-3-9(10)6-13-5-8/h8-10H,1-6H2. The average molecular weight is 181 g/mol. The molecule has 2 unspecified atom stereocenters. The molecule has 2 aliphatic rings. The number of fused-ring (bicyclic) bond motifs is 2. The molecule has 13 heavy (non-hydrogen) atoms. The van der Waals surface area contributed by atoms with Crippen LogP contribution in [0.15, 0.2) is 4.99 Å². The lowest BCUT2D eigenvalue weighted by molar-refractivity contribution is -0.0517. The quantitative estimate of drug-likeness (QED) is 0.477. The molecule has 0 amide bonds. The molecule has 1 saturated heterocycles. The van der Waals surface area contributed by atoms with Crippen molar-refractivity contribution < 1.29 is 9.53 Å². The molecule has 0 N–H and O–H groups in total. The summed E-state index contributed by atoms with van der Waals surface area (Å²) in [5.74, 6) is 1.87. The lowest BCUT2D eigenvalue weighted by atomic mass is 9.71. The fourth-order valence-corrected chi connectivity index (χ4v) is 2.68. The van der Waals surface area contributed by atoms with Crippen molar-refractivity contribution in [2.24, 2.45) is 22.7 Å². The van der Waals surface area contributed by atoms with Crippen molar-refractivity contribution in [3.05, 3.63) is 0 Å². The SMILES string of the molecule is O=C=NCC1C2CCCC1COC2. The molecule has 0 radical (unpaired) electrons. The van der Waals surface area contributed by atoms with Gasteiger partial charge < -0.3 is 4.74 Å². The van der Waals surface area contributed by atoms with Gasteiger partial charge in [0.2, 0.25) is 6.08 Å². The second kappa shape index (κ2) is 4.03. The number of hydrogen-bond acceptors (Lipinski definition) is 3. The van der Waals surface area contributed by atoms with E-state index in [1.807, 2.05) is 0 Å². The van der Waals surface area contributed by atoms with Gasteiger partial charge in [-0.15, -0.1) is 0 Å². The summed E-state index contributed by atoms with van der Waals surface area (Å²) in [4.78, 5) is 13.8. The van der Waals surface area contributed by atoms with Gasteiger partial charge >= 0.3 is 0 Å². The third kappa shape index (κ3) is 1.82. The Balaban J connectivity index is 2.01. The lowest BCUT2D eigenvalue weighted by Crippen LogP contribution is -2.40. The molecule has 0 aromatic carbocycles. The molecule has 2 rings (SSSR count).